The van der Waals surface area contributed by atoms with Crippen LogP contribution in [0.3, 0.4) is 0 Å². The summed E-state index contributed by atoms with van der Waals surface area (Å²) < 4.78 is 36.7. The van der Waals surface area contributed by atoms with Crippen LogP contribution in [0.4, 0.5) is 13.2 Å². The van der Waals surface area contributed by atoms with Crippen LogP contribution >= 0.6 is 11.3 Å². The summed E-state index contributed by atoms with van der Waals surface area (Å²) >= 11 is 0.430. The van der Waals surface area contributed by atoms with Crippen LogP contribution in [-0.4, -0.2) is 16.6 Å². The summed E-state index contributed by atoms with van der Waals surface area (Å²) in [6, 6.07) is 0. The number of hydrogen-bond donors (Lipinski definition) is 2. The average Bonchev–Trinajstić information content (AvgIpc) is 2.65. The van der Waals surface area contributed by atoms with Crippen molar-refractivity contribution in [2.75, 3.05) is 6.54 Å². The van der Waals surface area contributed by atoms with Gasteiger partial charge in [0.05, 0.1) is 4.88 Å². The number of nitrogens with two attached hydrogens (primary N) is 1. The first-order valence-corrected chi connectivity index (χ1v) is 5.11. The molecule has 0 aliphatic rings. The van der Waals surface area contributed by atoms with Gasteiger partial charge in [-0.25, -0.2) is 4.98 Å². The minimum absolute atomic E-state index is 0.122. The summed E-state index contributed by atoms with van der Waals surface area (Å²) in [6.07, 6.45) is -3.18. The van der Waals surface area contributed by atoms with E-state index in [1.54, 1.807) is 6.92 Å². The first-order valence-electron chi connectivity index (χ1n) is 4.29. The molecule has 1 atom stereocenters. The highest BCUT2D eigenvalue weighted by molar-refractivity contribution is 7.11. The van der Waals surface area contributed by atoms with Gasteiger partial charge < -0.3 is 10.8 Å². The van der Waals surface area contributed by atoms with Gasteiger partial charge in [0.1, 0.15) is 5.60 Å². The van der Waals surface area contributed by atoms with Crippen molar-refractivity contribution in [3.8, 4) is 0 Å². The average molecular weight is 240 g/mol. The van der Waals surface area contributed by atoms with Crippen molar-refractivity contribution >= 4 is 11.3 Å². The van der Waals surface area contributed by atoms with Gasteiger partial charge in [-0.3, -0.25) is 0 Å². The molecule has 0 saturated carbocycles. The van der Waals surface area contributed by atoms with Crippen LogP contribution in [0.1, 0.15) is 23.2 Å². The molecule has 0 bridgehead atoms. The molecule has 0 radical (unpaired) electrons. The van der Waals surface area contributed by atoms with Gasteiger partial charge in [0.25, 0.3) is 0 Å². The highest BCUT2D eigenvalue weighted by Crippen LogP contribution is 2.36. The number of rotatable bonds is 3. The number of alkyl halides is 3. The lowest BCUT2D eigenvalue weighted by molar-refractivity contribution is -0.137. The van der Waals surface area contributed by atoms with Gasteiger partial charge in [0, 0.05) is 12.7 Å². The van der Waals surface area contributed by atoms with Crippen LogP contribution in [0.2, 0.25) is 0 Å². The van der Waals surface area contributed by atoms with E-state index in [9.17, 15) is 18.3 Å². The van der Waals surface area contributed by atoms with Gasteiger partial charge in [0.2, 0.25) is 0 Å². The van der Waals surface area contributed by atoms with Crippen LogP contribution in [0.15, 0.2) is 6.20 Å². The minimum Gasteiger partial charge on any atom is -0.383 e. The molecule has 3 nitrogen and oxygen atoms in total. The molecular weight excluding hydrogens is 229 g/mol. The van der Waals surface area contributed by atoms with Crippen molar-refractivity contribution in [3.05, 3.63) is 16.1 Å². The van der Waals surface area contributed by atoms with Gasteiger partial charge in [-0.15, -0.1) is 11.3 Å². The van der Waals surface area contributed by atoms with E-state index < -0.39 is 16.8 Å². The summed E-state index contributed by atoms with van der Waals surface area (Å²) in [4.78, 5) is 3.38. The molecule has 0 fully saturated rings. The molecule has 0 saturated heterocycles. The fraction of sp³-hybridized carbons (Fsp3) is 0.625. The summed E-state index contributed by atoms with van der Waals surface area (Å²) in [6.45, 7) is 1.53. The van der Waals surface area contributed by atoms with Crippen LogP contribution < -0.4 is 5.73 Å². The lowest BCUT2D eigenvalue weighted by Crippen LogP contribution is -2.33. The molecular formula is C8H11F3N2OS. The molecule has 0 aromatic carbocycles. The number of aliphatic hydroxyl groups is 1. The van der Waals surface area contributed by atoms with Crippen molar-refractivity contribution in [1.29, 1.82) is 0 Å². The van der Waals surface area contributed by atoms with Crippen molar-refractivity contribution in [2.24, 2.45) is 5.73 Å². The summed E-state index contributed by atoms with van der Waals surface area (Å²) in [5.41, 5.74) is 3.91. The van der Waals surface area contributed by atoms with Crippen molar-refractivity contribution in [2.45, 2.75) is 25.1 Å². The normalized spacial score (nSPS) is 16.4. The highest BCUT2D eigenvalue weighted by atomic mass is 32.1. The second kappa shape index (κ2) is 4.07. The first kappa shape index (κ1) is 12.4. The van der Waals surface area contributed by atoms with Crippen LogP contribution in [0, 0.1) is 0 Å². The quantitative estimate of drug-likeness (QED) is 0.845. The van der Waals surface area contributed by atoms with E-state index >= 15 is 0 Å². The molecule has 1 heterocycles. The fourth-order valence-corrected chi connectivity index (χ4v) is 1.99. The Balaban J connectivity index is 3.03. The zero-order valence-corrected chi connectivity index (χ0v) is 8.82. The standard InChI is InChI=1S/C8H11F3N2OS/c1-2-7(14,4-12)5-3-13-6(15-5)8(9,10)11/h3,14H,2,4,12H2,1H3. The Morgan fingerprint density at radius 3 is 2.47 bits per heavy atom. The Labute approximate surface area is 88.7 Å². The Bertz CT molecular complexity index is 333. The fourth-order valence-electron chi connectivity index (χ4n) is 1.04. The first-order chi connectivity index (χ1) is 6.83. The summed E-state index contributed by atoms with van der Waals surface area (Å²) in [5.74, 6) is 0. The predicted octanol–water partition coefficient (Wildman–Crippen LogP) is 1.72. The topological polar surface area (TPSA) is 59.1 Å². The monoisotopic (exact) mass is 240 g/mol. The Hall–Kier alpha value is -0.660. The zero-order chi connectivity index (χ0) is 11.7. The van der Waals surface area contributed by atoms with E-state index in [0.29, 0.717) is 11.3 Å². The number of thiazole rings is 1. The van der Waals surface area contributed by atoms with E-state index in [1.807, 2.05) is 0 Å². The maximum atomic E-state index is 12.2. The van der Waals surface area contributed by atoms with Crippen LogP contribution in [0.5, 0.6) is 0 Å². The molecule has 1 aromatic rings. The third kappa shape index (κ3) is 2.47. The van der Waals surface area contributed by atoms with E-state index in [-0.39, 0.29) is 17.8 Å². The molecule has 15 heavy (non-hydrogen) atoms. The summed E-state index contributed by atoms with van der Waals surface area (Å²) in [5, 5.41) is 8.90. The molecule has 1 unspecified atom stereocenters. The van der Waals surface area contributed by atoms with E-state index in [0.717, 1.165) is 6.20 Å². The van der Waals surface area contributed by atoms with Gasteiger partial charge >= 0.3 is 6.18 Å². The lowest BCUT2D eigenvalue weighted by atomic mass is 10.0. The second-order valence-corrected chi connectivity index (χ2v) is 4.15. The molecule has 86 valence electrons. The third-order valence-corrected chi connectivity index (χ3v) is 3.36. The molecule has 0 amide bonds. The van der Waals surface area contributed by atoms with Gasteiger partial charge in [-0.2, -0.15) is 13.2 Å². The van der Waals surface area contributed by atoms with E-state index in [1.165, 1.54) is 0 Å². The van der Waals surface area contributed by atoms with E-state index in [2.05, 4.69) is 4.98 Å². The molecule has 1 aromatic heterocycles. The largest absolute Gasteiger partial charge is 0.443 e. The number of hydrogen-bond acceptors (Lipinski definition) is 4. The smallest absolute Gasteiger partial charge is 0.383 e. The minimum atomic E-state index is -4.47. The highest BCUT2D eigenvalue weighted by Gasteiger charge is 2.37. The maximum Gasteiger partial charge on any atom is 0.443 e. The zero-order valence-electron chi connectivity index (χ0n) is 8.01. The molecule has 0 aliphatic heterocycles. The molecule has 3 N–H and O–H groups in total. The van der Waals surface area contributed by atoms with Gasteiger partial charge in [-0.1, -0.05) is 6.92 Å². The number of aromatic nitrogens is 1. The van der Waals surface area contributed by atoms with Crippen molar-refractivity contribution in [1.82, 2.24) is 4.98 Å². The van der Waals surface area contributed by atoms with Crippen LogP contribution in [-0.2, 0) is 11.8 Å². The van der Waals surface area contributed by atoms with Gasteiger partial charge in [0.15, 0.2) is 5.01 Å². The SMILES string of the molecule is CCC(O)(CN)c1cnc(C(F)(F)F)s1. The predicted molar refractivity (Wildman–Crippen MR) is 50.4 cm³/mol. The molecule has 7 heteroatoms. The second-order valence-electron chi connectivity index (χ2n) is 3.12. The maximum absolute atomic E-state index is 12.2. The molecule has 0 spiro atoms. The van der Waals surface area contributed by atoms with Crippen molar-refractivity contribution < 1.29 is 18.3 Å². The Morgan fingerprint density at radius 1 is 1.53 bits per heavy atom. The molecule has 1 rings (SSSR count). The number of nitrogens with zero attached hydrogens (tertiary/aromatic N) is 1. The Morgan fingerprint density at radius 2 is 2.13 bits per heavy atom. The third-order valence-electron chi connectivity index (χ3n) is 2.13. The summed E-state index contributed by atoms with van der Waals surface area (Å²) in [7, 11) is 0. The lowest BCUT2D eigenvalue weighted by Gasteiger charge is -2.22. The van der Waals surface area contributed by atoms with Crippen LogP contribution in [0.25, 0.3) is 0 Å². The molecule has 0 aliphatic carbocycles. The van der Waals surface area contributed by atoms with Gasteiger partial charge in [-0.05, 0) is 6.42 Å². The number of halogens is 3. The Kier molecular flexibility index (Phi) is 3.37. The van der Waals surface area contributed by atoms with E-state index in [4.69, 9.17) is 5.73 Å². The van der Waals surface area contributed by atoms with Crippen molar-refractivity contribution in [3.63, 3.8) is 0 Å².